The Morgan fingerprint density at radius 1 is 1.21 bits per heavy atom. The van der Waals surface area contributed by atoms with Crippen molar-refractivity contribution in [1.29, 1.82) is 0 Å². The Balaban J connectivity index is 0.00000288. The quantitative estimate of drug-likeness (QED) is 0.232. The molecule has 1 aliphatic heterocycles. The van der Waals surface area contributed by atoms with Crippen molar-refractivity contribution >= 4 is 35.8 Å². The number of hydrogen-bond acceptors (Lipinski definition) is 4. The van der Waals surface area contributed by atoms with Gasteiger partial charge in [0.15, 0.2) is 5.96 Å². The molecule has 2 fully saturated rings. The smallest absolute Gasteiger partial charge is 0.223 e. The number of aliphatic imine (C=N–C) groups is 1. The van der Waals surface area contributed by atoms with E-state index in [-0.39, 0.29) is 35.8 Å². The molecule has 1 saturated carbocycles. The zero-order chi connectivity index (χ0) is 16.5. The number of guanidine groups is 1. The molecule has 0 spiro atoms. The normalized spacial score (nSPS) is 20.7. The molecule has 140 valence electrons. The monoisotopic (exact) mass is 454 g/mol. The van der Waals surface area contributed by atoms with E-state index < -0.39 is 0 Å². The first kappa shape index (κ1) is 21.4. The molecule has 0 radical (unpaired) electrons. The van der Waals surface area contributed by atoms with E-state index in [1.807, 2.05) is 0 Å². The summed E-state index contributed by atoms with van der Waals surface area (Å²) >= 11 is 0. The summed E-state index contributed by atoms with van der Waals surface area (Å²) in [4.78, 5) is 18.2. The number of carbonyl (C=O) groups is 1. The third-order valence-corrected chi connectivity index (χ3v) is 4.24. The lowest BCUT2D eigenvalue weighted by Gasteiger charge is -2.21. The summed E-state index contributed by atoms with van der Waals surface area (Å²) in [5.74, 6) is 1.91. The Labute approximate surface area is 161 Å². The maximum Gasteiger partial charge on any atom is 0.223 e. The van der Waals surface area contributed by atoms with Crippen molar-refractivity contribution in [1.82, 2.24) is 15.5 Å². The van der Waals surface area contributed by atoms with Gasteiger partial charge in [0.05, 0.1) is 19.8 Å². The molecule has 7 nitrogen and oxygen atoms in total. The van der Waals surface area contributed by atoms with Gasteiger partial charge in [-0.1, -0.05) is 0 Å². The van der Waals surface area contributed by atoms with Crippen LogP contribution in [0.5, 0.6) is 0 Å². The van der Waals surface area contributed by atoms with Crippen LogP contribution >= 0.6 is 24.0 Å². The van der Waals surface area contributed by atoms with Crippen LogP contribution in [0.15, 0.2) is 4.99 Å². The van der Waals surface area contributed by atoms with Gasteiger partial charge in [0.25, 0.3) is 0 Å². The van der Waals surface area contributed by atoms with E-state index in [1.54, 1.807) is 14.2 Å². The molecule has 0 aromatic carbocycles. The van der Waals surface area contributed by atoms with E-state index in [2.05, 4.69) is 20.5 Å². The number of hydrogen-bond donors (Lipinski definition) is 2. The predicted molar refractivity (Wildman–Crippen MR) is 105 cm³/mol. The highest BCUT2D eigenvalue weighted by Crippen LogP contribution is 2.28. The van der Waals surface area contributed by atoms with Crippen molar-refractivity contribution < 1.29 is 14.3 Å². The van der Waals surface area contributed by atoms with Gasteiger partial charge in [-0.3, -0.25) is 9.79 Å². The van der Waals surface area contributed by atoms with Gasteiger partial charge in [0.1, 0.15) is 0 Å². The minimum absolute atomic E-state index is 0. The molecule has 24 heavy (non-hydrogen) atoms. The number of carbonyl (C=O) groups excluding carboxylic acids is 1. The van der Waals surface area contributed by atoms with Gasteiger partial charge >= 0.3 is 0 Å². The van der Waals surface area contributed by atoms with Crippen LogP contribution in [-0.2, 0) is 14.3 Å². The largest absolute Gasteiger partial charge is 0.382 e. The van der Waals surface area contributed by atoms with E-state index in [0.717, 1.165) is 44.9 Å². The molecule has 1 atom stereocenters. The molecular weight excluding hydrogens is 423 g/mol. The number of amides is 1. The standard InChI is InChI=1S/C16H30N4O3.HI/c1-17-16(19-7-6-18-15(21)14-3-4-14)20-8-5-13(11-20)12-23-10-9-22-2;/h13-14H,3-12H2,1-2H3,(H,17,19)(H,18,21);1H. The zero-order valence-electron chi connectivity index (χ0n) is 14.8. The minimum Gasteiger partial charge on any atom is -0.382 e. The average molecular weight is 454 g/mol. The number of nitrogens with one attached hydrogen (secondary N) is 2. The van der Waals surface area contributed by atoms with Gasteiger partial charge in [-0.05, 0) is 19.3 Å². The fourth-order valence-corrected chi connectivity index (χ4v) is 2.74. The second-order valence-corrected chi connectivity index (χ2v) is 6.21. The van der Waals surface area contributed by atoms with Crippen LogP contribution < -0.4 is 10.6 Å². The Kier molecular flexibility index (Phi) is 10.6. The van der Waals surface area contributed by atoms with Crippen molar-refractivity contribution in [3.63, 3.8) is 0 Å². The SMILES string of the molecule is CN=C(NCCNC(=O)C1CC1)N1CCC(COCCOC)C1.I. The lowest BCUT2D eigenvalue weighted by Crippen LogP contribution is -2.43. The fourth-order valence-electron chi connectivity index (χ4n) is 2.74. The molecule has 0 aromatic rings. The van der Waals surface area contributed by atoms with Crippen LogP contribution in [0.25, 0.3) is 0 Å². The van der Waals surface area contributed by atoms with Crippen molar-refractivity contribution in [3.8, 4) is 0 Å². The second kappa shape index (κ2) is 11.9. The van der Waals surface area contributed by atoms with E-state index in [9.17, 15) is 4.79 Å². The van der Waals surface area contributed by atoms with Gasteiger partial charge in [-0.15, -0.1) is 24.0 Å². The van der Waals surface area contributed by atoms with E-state index >= 15 is 0 Å². The summed E-state index contributed by atoms with van der Waals surface area (Å²) in [7, 11) is 3.48. The number of rotatable bonds is 9. The lowest BCUT2D eigenvalue weighted by molar-refractivity contribution is -0.122. The van der Waals surface area contributed by atoms with E-state index in [4.69, 9.17) is 9.47 Å². The van der Waals surface area contributed by atoms with Gasteiger partial charge in [0, 0.05) is 52.2 Å². The summed E-state index contributed by atoms with van der Waals surface area (Å²) in [6.07, 6.45) is 3.21. The number of likely N-dealkylation sites (tertiary alicyclic amines) is 1. The molecule has 1 aliphatic carbocycles. The van der Waals surface area contributed by atoms with Gasteiger partial charge in [-0.2, -0.15) is 0 Å². The number of ether oxygens (including phenoxy) is 2. The Hall–Kier alpha value is -0.610. The Bertz CT molecular complexity index is 405. The van der Waals surface area contributed by atoms with Gasteiger partial charge in [0.2, 0.25) is 5.91 Å². The molecule has 8 heteroatoms. The first-order valence-electron chi connectivity index (χ1n) is 8.54. The number of methoxy groups -OCH3 is 1. The summed E-state index contributed by atoms with van der Waals surface area (Å²) in [6, 6.07) is 0. The molecule has 1 amide bonds. The molecule has 1 heterocycles. The number of halogens is 1. The molecule has 0 aromatic heterocycles. The molecule has 2 rings (SSSR count). The third kappa shape index (κ3) is 7.52. The van der Waals surface area contributed by atoms with Crippen LogP contribution in [0.1, 0.15) is 19.3 Å². The molecule has 1 saturated heterocycles. The topological polar surface area (TPSA) is 75.2 Å². The first-order chi connectivity index (χ1) is 11.2. The summed E-state index contributed by atoms with van der Waals surface area (Å²) in [5.41, 5.74) is 0. The van der Waals surface area contributed by atoms with Crippen molar-refractivity contribution in [3.05, 3.63) is 0 Å². The molecule has 2 N–H and O–H groups in total. The molecular formula is C16H31IN4O3. The van der Waals surface area contributed by atoms with Crippen LogP contribution in [0, 0.1) is 11.8 Å². The molecule has 2 aliphatic rings. The van der Waals surface area contributed by atoms with Crippen molar-refractivity contribution in [2.45, 2.75) is 19.3 Å². The fraction of sp³-hybridized carbons (Fsp3) is 0.875. The van der Waals surface area contributed by atoms with Crippen molar-refractivity contribution in [2.24, 2.45) is 16.8 Å². The van der Waals surface area contributed by atoms with Crippen LogP contribution in [-0.4, -0.2) is 76.9 Å². The van der Waals surface area contributed by atoms with Gasteiger partial charge in [-0.25, -0.2) is 0 Å². The lowest BCUT2D eigenvalue weighted by atomic mass is 10.1. The first-order valence-corrected chi connectivity index (χ1v) is 8.54. The summed E-state index contributed by atoms with van der Waals surface area (Å²) < 4.78 is 10.6. The van der Waals surface area contributed by atoms with E-state index in [1.165, 1.54) is 0 Å². The summed E-state index contributed by atoms with van der Waals surface area (Å²) in [5, 5.41) is 6.28. The van der Waals surface area contributed by atoms with Crippen molar-refractivity contribution in [2.75, 3.05) is 60.2 Å². The highest BCUT2D eigenvalue weighted by atomic mass is 127. The zero-order valence-corrected chi connectivity index (χ0v) is 17.1. The maximum atomic E-state index is 11.6. The van der Waals surface area contributed by atoms with E-state index in [0.29, 0.717) is 32.2 Å². The molecule has 1 unspecified atom stereocenters. The molecule has 0 bridgehead atoms. The van der Waals surface area contributed by atoms with Crippen LogP contribution in [0.4, 0.5) is 0 Å². The Morgan fingerprint density at radius 3 is 2.62 bits per heavy atom. The highest BCUT2D eigenvalue weighted by Gasteiger charge is 2.29. The second-order valence-electron chi connectivity index (χ2n) is 6.21. The highest BCUT2D eigenvalue weighted by molar-refractivity contribution is 14.0. The van der Waals surface area contributed by atoms with Crippen LogP contribution in [0.2, 0.25) is 0 Å². The minimum atomic E-state index is 0. The third-order valence-electron chi connectivity index (χ3n) is 4.24. The Morgan fingerprint density at radius 2 is 1.96 bits per heavy atom. The number of nitrogens with zero attached hydrogens (tertiary/aromatic N) is 2. The maximum absolute atomic E-state index is 11.6. The van der Waals surface area contributed by atoms with Gasteiger partial charge < -0.3 is 25.0 Å². The predicted octanol–water partition coefficient (Wildman–Crippen LogP) is 0.691. The average Bonchev–Trinajstić information content (AvgIpc) is 3.31. The summed E-state index contributed by atoms with van der Waals surface area (Å²) in [6.45, 7) is 5.37. The van der Waals surface area contributed by atoms with Crippen LogP contribution in [0.3, 0.4) is 0 Å².